The number of benzene rings is 1. The lowest BCUT2D eigenvalue weighted by molar-refractivity contribution is -0.131. The lowest BCUT2D eigenvalue weighted by Crippen LogP contribution is -2.38. The zero-order valence-corrected chi connectivity index (χ0v) is 15.7. The van der Waals surface area contributed by atoms with Crippen LogP contribution in [-0.4, -0.2) is 51.4 Å². The molecule has 3 rings (SSSR count). The second-order valence-electron chi connectivity index (χ2n) is 6.73. The van der Waals surface area contributed by atoms with E-state index in [0.717, 1.165) is 16.8 Å². The first kappa shape index (κ1) is 18.2. The topological polar surface area (TPSA) is 69.3 Å². The smallest absolute Gasteiger partial charge is 0.274 e. The summed E-state index contributed by atoms with van der Waals surface area (Å²) in [5.74, 6) is 0.0160. The number of aromatic amines is 1. The van der Waals surface area contributed by atoms with Crippen molar-refractivity contribution in [1.29, 1.82) is 0 Å². The van der Waals surface area contributed by atoms with Crippen molar-refractivity contribution in [2.45, 2.75) is 40.2 Å². The summed E-state index contributed by atoms with van der Waals surface area (Å²) in [7, 11) is 0. The van der Waals surface area contributed by atoms with Crippen LogP contribution in [0.2, 0.25) is 0 Å². The van der Waals surface area contributed by atoms with E-state index in [0.29, 0.717) is 44.7 Å². The van der Waals surface area contributed by atoms with Gasteiger partial charge in [-0.05, 0) is 26.3 Å². The summed E-state index contributed by atoms with van der Waals surface area (Å²) in [6.07, 6.45) is 1.08. The fourth-order valence-corrected chi connectivity index (χ4v) is 3.34. The Morgan fingerprint density at radius 2 is 1.88 bits per heavy atom. The van der Waals surface area contributed by atoms with Crippen molar-refractivity contribution in [1.82, 2.24) is 20.0 Å². The van der Waals surface area contributed by atoms with Crippen LogP contribution in [0.5, 0.6) is 0 Å². The Bertz CT molecular complexity index is 791. The summed E-state index contributed by atoms with van der Waals surface area (Å²) in [4.78, 5) is 29.0. The molecule has 1 aromatic carbocycles. The number of nitrogens with zero attached hydrogens (tertiary/aromatic N) is 3. The molecule has 0 saturated heterocycles. The molecule has 6 nitrogen and oxygen atoms in total. The molecule has 0 aliphatic carbocycles. The van der Waals surface area contributed by atoms with Crippen molar-refractivity contribution in [3.8, 4) is 0 Å². The number of rotatable bonds is 5. The van der Waals surface area contributed by atoms with Gasteiger partial charge in [0.15, 0.2) is 5.69 Å². The van der Waals surface area contributed by atoms with E-state index in [4.69, 9.17) is 0 Å². The van der Waals surface area contributed by atoms with Crippen LogP contribution in [0.25, 0.3) is 0 Å². The van der Waals surface area contributed by atoms with Gasteiger partial charge in [0.05, 0.1) is 6.42 Å². The lowest BCUT2D eigenvalue weighted by Gasteiger charge is -2.28. The van der Waals surface area contributed by atoms with E-state index >= 15 is 0 Å². The Morgan fingerprint density at radius 3 is 2.54 bits per heavy atom. The second kappa shape index (κ2) is 7.72. The van der Waals surface area contributed by atoms with Gasteiger partial charge in [-0.25, -0.2) is 0 Å². The van der Waals surface area contributed by atoms with Crippen LogP contribution in [-0.2, 0) is 24.2 Å². The molecule has 2 amide bonds. The van der Waals surface area contributed by atoms with Gasteiger partial charge in [0.2, 0.25) is 5.91 Å². The van der Waals surface area contributed by atoms with E-state index in [1.807, 2.05) is 49.9 Å². The molecule has 0 atom stereocenters. The molecular formula is C20H26N4O2. The summed E-state index contributed by atoms with van der Waals surface area (Å²) in [6, 6.07) is 8.04. The number of hydrogen-bond acceptors (Lipinski definition) is 3. The van der Waals surface area contributed by atoms with Crippen molar-refractivity contribution in [2.75, 3.05) is 19.6 Å². The average Bonchev–Trinajstić information content (AvgIpc) is 3.07. The highest BCUT2D eigenvalue weighted by atomic mass is 16.2. The van der Waals surface area contributed by atoms with Crippen LogP contribution in [0.4, 0.5) is 0 Å². The second-order valence-corrected chi connectivity index (χ2v) is 6.73. The van der Waals surface area contributed by atoms with Gasteiger partial charge >= 0.3 is 0 Å². The zero-order valence-electron chi connectivity index (χ0n) is 15.7. The van der Waals surface area contributed by atoms with E-state index in [2.05, 4.69) is 10.2 Å². The maximum absolute atomic E-state index is 12.7. The molecule has 138 valence electrons. The molecule has 6 heteroatoms. The van der Waals surface area contributed by atoms with E-state index in [-0.39, 0.29) is 11.8 Å². The van der Waals surface area contributed by atoms with Crippen LogP contribution in [0, 0.1) is 6.92 Å². The Balaban J connectivity index is 1.74. The Hall–Kier alpha value is -2.63. The van der Waals surface area contributed by atoms with Crippen molar-refractivity contribution in [3.05, 3.63) is 52.3 Å². The van der Waals surface area contributed by atoms with E-state index in [9.17, 15) is 9.59 Å². The summed E-state index contributed by atoms with van der Waals surface area (Å²) in [5, 5.41) is 7.24. The Kier molecular flexibility index (Phi) is 5.40. The van der Waals surface area contributed by atoms with Crippen LogP contribution in [0.3, 0.4) is 0 Å². The van der Waals surface area contributed by atoms with Gasteiger partial charge in [-0.2, -0.15) is 5.10 Å². The summed E-state index contributed by atoms with van der Waals surface area (Å²) < 4.78 is 0. The minimum atomic E-state index is -0.0691. The fraction of sp³-hybridized carbons (Fsp3) is 0.450. The summed E-state index contributed by atoms with van der Waals surface area (Å²) in [5.41, 5.74) is 4.49. The number of aryl methyl sites for hydroxylation is 1. The minimum absolute atomic E-state index is 0.0691. The number of carbonyl (C=O) groups is 2. The molecule has 1 N–H and O–H groups in total. The zero-order chi connectivity index (χ0) is 18.7. The largest absolute Gasteiger partial charge is 0.338 e. The SMILES string of the molecule is CCN(CC)C(=O)c1n[nH]c2c1CN(C(=O)Cc1ccc(C)cc1)CC2. The molecule has 0 saturated carbocycles. The molecule has 1 aromatic heterocycles. The first-order valence-electron chi connectivity index (χ1n) is 9.22. The molecule has 0 fully saturated rings. The van der Waals surface area contributed by atoms with Gasteiger partial charge in [-0.3, -0.25) is 14.7 Å². The molecule has 1 aliphatic rings. The third kappa shape index (κ3) is 3.64. The Morgan fingerprint density at radius 1 is 1.19 bits per heavy atom. The molecular weight excluding hydrogens is 328 g/mol. The number of fused-ring (bicyclic) bond motifs is 1. The molecule has 0 radical (unpaired) electrons. The number of amides is 2. The van der Waals surface area contributed by atoms with E-state index in [1.54, 1.807) is 4.90 Å². The van der Waals surface area contributed by atoms with Gasteiger partial charge in [-0.15, -0.1) is 0 Å². The highest BCUT2D eigenvalue weighted by Crippen LogP contribution is 2.22. The van der Waals surface area contributed by atoms with Crippen LogP contribution in [0.15, 0.2) is 24.3 Å². The summed E-state index contributed by atoms with van der Waals surface area (Å²) >= 11 is 0. The fourth-order valence-electron chi connectivity index (χ4n) is 3.34. The normalized spacial score (nSPS) is 13.4. The van der Waals surface area contributed by atoms with Gasteiger partial charge in [-0.1, -0.05) is 29.8 Å². The number of hydrogen-bond donors (Lipinski definition) is 1. The maximum Gasteiger partial charge on any atom is 0.274 e. The summed E-state index contributed by atoms with van der Waals surface area (Å²) in [6.45, 7) is 8.33. The average molecular weight is 354 g/mol. The number of aromatic nitrogens is 2. The maximum atomic E-state index is 12.7. The van der Waals surface area contributed by atoms with Gasteiger partial charge in [0.25, 0.3) is 5.91 Å². The molecule has 2 aromatic rings. The van der Waals surface area contributed by atoms with Crippen molar-refractivity contribution in [2.24, 2.45) is 0 Å². The van der Waals surface area contributed by atoms with Gasteiger partial charge in [0.1, 0.15) is 0 Å². The minimum Gasteiger partial charge on any atom is -0.338 e. The first-order chi connectivity index (χ1) is 12.5. The standard InChI is InChI=1S/C20H26N4O2/c1-4-23(5-2)20(26)19-16-13-24(11-10-17(16)21-22-19)18(25)12-15-8-6-14(3)7-9-15/h6-9H,4-5,10-13H2,1-3H3,(H,21,22). The monoisotopic (exact) mass is 354 g/mol. The predicted molar refractivity (Wildman–Crippen MR) is 99.8 cm³/mol. The van der Waals surface area contributed by atoms with Gasteiger partial charge in [0, 0.05) is 43.9 Å². The molecule has 26 heavy (non-hydrogen) atoms. The van der Waals surface area contributed by atoms with Crippen LogP contribution in [0.1, 0.15) is 46.7 Å². The van der Waals surface area contributed by atoms with E-state index < -0.39 is 0 Å². The predicted octanol–water partition coefficient (Wildman–Crippen LogP) is 2.33. The highest BCUT2D eigenvalue weighted by Gasteiger charge is 2.29. The lowest BCUT2D eigenvalue weighted by atomic mass is 10.0. The molecule has 2 heterocycles. The highest BCUT2D eigenvalue weighted by molar-refractivity contribution is 5.94. The van der Waals surface area contributed by atoms with Crippen LogP contribution >= 0.6 is 0 Å². The molecule has 0 spiro atoms. The van der Waals surface area contributed by atoms with Crippen molar-refractivity contribution >= 4 is 11.8 Å². The Labute approximate surface area is 154 Å². The molecule has 1 aliphatic heterocycles. The molecule has 0 bridgehead atoms. The third-order valence-electron chi connectivity index (χ3n) is 5.02. The number of H-pyrrole nitrogens is 1. The molecule has 0 unspecified atom stereocenters. The van der Waals surface area contributed by atoms with Gasteiger partial charge < -0.3 is 9.80 Å². The quantitative estimate of drug-likeness (QED) is 0.896. The first-order valence-corrected chi connectivity index (χ1v) is 9.22. The number of carbonyl (C=O) groups excluding carboxylic acids is 2. The van der Waals surface area contributed by atoms with Crippen molar-refractivity contribution in [3.63, 3.8) is 0 Å². The van der Waals surface area contributed by atoms with Crippen LogP contribution < -0.4 is 0 Å². The third-order valence-corrected chi connectivity index (χ3v) is 5.02. The van der Waals surface area contributed by atoms with Crippen molar-refractivity contribution < 1.29 is 9.59 Å². The number of nitrogens with one attached hydrogen (secondary N) is 1. The van der Waals surface area contributed by atoms with E-state index in [1.165, 1.54) is 5.56 Å².